The normalized spacial score (nSPS) is 14.8. The summed E-state index contributed by atoms with van der Waals surface area (Å²) >= 11 is 12.5. The Morgan fingerprint density at radius 2 is 1.87 bits per heavy atom. The molecule has 0 aliphatic carbocycles. The third-order valence-electron chi connectivity index (χ3n) is 4.03. The molecule has 1 aliphatic heterocycles. The highest BCUT2D eigenvalue weighted by Gasteiger charge is 2.21. The molecule has 1 aromatic heterocycles. The average molecular weight is 341 g/mol. The summed E-state index contributed by atoms with van der Waals surface area (Å²) in [6.07, 6.45) is 4.10. The molecule has 0 radical (unpaired) electrons. The molecule has 2 nitrogen and oxygen atoms in total. The van der Waals surface area contributed by atoms with Crippen molar-refractivity contribution >= 4 is 40.5 Å². The van der Waals surface area contributed by atoms with Gasteiger partial charge in [0.2, 0.25) is 0 Å². The Kier molecular flexibility index (Phi) is 3.64. The number of aromatic amines is 1. The Morgan fingerprint density at radius 3 is 2.65 bits per heavy atom. The molecular formula is C19H14Cl2N2. The van der Waals surface area contributed by atoms with Crippen molar-refractivity contribution < 1.29 is 0 Å². The van der Waals surface area contributed by atoms with Crippen LogP contribution in [0.5, 0.6) is 0 Å². The van der Waals surface area contributed by atoms with E-state index in [1.54, 1.807) is 6.07 Å². The zero-order chi connectivity index (χ0) is 15.8. The van der Waals surface area contributed by atoms with Crippen molar-refractivity contribution in [3.8, 4) is 11.1 Å². The van der Waals surface area contributed by atoms with Gasteiger partial charge in [-0.3, -0.25) is 0 Å². The maximum atomic E-state index is 6.43. The molecular weight excluding hydrogens is 327 g/mol. The van der Waals surface area contributed by atoms with Crippen LogP contribution in [0, 0.1) is 0 Å². The van der Waals surface area contributed by atoms with Gasteiger partial charge in [-0.25, -0.2) is 0 Å². The Bertz CT molecular complexity index is 896. The van der Waals surface area contributed by atoms with Gasteiger partial charge in [0.05, 0.1) is 0 Å². The monoisotopic (exact) mass is 340 g/mol. The fraction of sp³-hybridized carbons (Fsp3) is 0.0526. The second-order valence-electron chi connectivity index (χ2n) is 5.50. The summed E-state index contributed by atoms with van der Waals surface area (Å²) < 4.78 is 0. The summed E-state index contributed by atoms with van der Waals surface area (Å²) in [6, 6.07) is 15.9. The first kappa shape index (κ1) is 14.4. The van der Waals surface area contributed by atoms with E-state index in [0.29, 0.717) is 10.0 Å². The van der Waals surface area contributed by atoms with Crippen molar-refractivity contribution in [3.05, 3.63) is 76.0 Å². The van der Waals surface area contributed by atoms with E-state index in [9.17, 15) is 0 Å². The smallest absolute Gasteiger partial charge is 0.0499 e. The van der Waals surface area contributed by atoms with Crippen LogP contribution in [0.25, 0.3) is 22.8 Å². The summed E-state index contributed by atoms with van der Waals surface area (Å²) in [5.74, 6) is 0. The second kappa shape index (κ2) is 5.80. The number of rotatable bonds is 2. The molecule has 114 valence electrons. The summed E-state index contributed by atoms with van der Waals surface area (Å²) in [6.45, 7) is 0.802. The van der Waals surface area contributed by atoms with Crippen LogP contribution in [0.1, 0.15) is 11.3 Å². The number of aromatic nitrogens is 1. The molecule has 0 amide bonds. The highest BCUT2D eigenvalue weighted by atomic mass is 35.5. The number of hydrogen-bond donors (Lipinski definition) is 2. The molecule has 4 heteroatoms. The van der Waals surface area contributed by atoms with E-state index in [0.717, 1.165) is 29.1 Å². The summed E-state index contributed by atoms with van der Waals surface area (Å²) in [5.41, 5.74) is 6.77. The van der Waals surface area contributed by atoms with Gasteiger partial charge in [0.15, 0.2) is 0 Å². The van der Waals surface area contributed by atoms with E-state index in [1.165, 1.54) is 11.1 Å². The summed E-state index contributed by atoms with van der Waals surface area (Å²) in [4.78, 5) is 3.23. The molecule has 2 heterocycles. The predicted molar refractivity (Wildman–Crippen MR) is 99.1 cm³/mol. The maximum absolute atomic E-state index is 6.43. The van der Waals surface area contributed by atoms with Gasteiger partial charge in [-0.05, 0) is 47.5 Å². The lowest BCUT2D eigenvalue weighted by Gasteiger charge is -2.11. The van der Waals surface area contributed by atoms with Crippen LogP contribution in [-0.4, -0.2) is 11.5 Å². The quantitative estimate of drug-likeness (QED) is 0.592. The zero-order valence-electron chi connectivity index (χ0n) is 12.2. The largest absolute Gasteiger partial charge is 0.380 e. The Labute approximate surface area is 144 Å². The fourth-order valence-corrected chi connectivity index (χ4v) is 3.51. The van der Waals surface area contributed by atoms with Crippen LogP contribution in [0.4, 0.5) is 5.69 Å². The number of H-pyrrole nitrogens is 1. The number of benzene rings is 2. The SMILES string of the molecule is Clc1ccc(-c2cccc3c2/C(=C/c2ccc[nH]2)CN3)c(Cl)c1. The van der Waals surface area contributed by atoms with Gasteiger partial charge < -0.3 is 10.3 Å². The van der Waals surface area contributed by atoms with Gasteiger partial charge in [-0.15, -0.1) is 0 Å². The first-order valence-corrected chi connectivity index (χ1v) is 8.14. The highest BCUT2D eigenvalue weighted by Crippen LogP contribution is 2.42. The van der Waals surface area contributed by atoms with Gasteiger partial charge in [0, 0.05) is 45.3 Å². The van der Waals surface area contributed by atoms with Crippen molar-refractivity contribution in [1.29, 1.82) is 0 Å². The van der Waals surface area contributed by atoms with Crippen molar-refractivity contribution in [2.75, 3.05) is 11.9 Å². The minimum atomic E-state index is 0.645. The van der Waals surface area contributed by atoms with Crippen LogP contribution in [0.2, 0.25) is 10.0 Å². The third kappa shape index (κ3) is 2.65. The molecule has 0 fully saturated rings. The van der Waals surface area contributed by atoms with Crippen LogP contribution >= 0.6 is 23.2 Å². The first-order chi connectivity index (χ1) is 11.2. The number of halogens is 2. The van der Waals surface area contributed by atoms with E-state index >= 15 is 0 Å². The molecule has 3 aromatic rings. The second-order valence-corrected chi connectivity index (χ2v) is 6.34. The zero-order valence-corrected chi connectivity index (χ0v) is 13.7. The topological polar surface area (TPSA) is 27.8 Å². The van der Waals surface area contributed by atoms with E-state index in [4.69, 9.17) is 23.2 Å². The molecule has 1 aliphatic rings. The van der Waals surface area contributed by atoms with E-state index in [-0.39, 0.29) is 0 Å². The van der Waals surface area contributed by atoms with E-state index in [1.807, 2.05) is 30.5 Å². The molecule has 0 bridgehead atoms. The minimum absolute atomic E-state index is 0.645. The molecule has 23 heavy (non-hydrogen) atoms. The Balaban J connectivity index is 1.89. The molecule has 0 saturated carbocycles. The van der Waals surface area contributed by atoms with Crippen LogP contribution in [0.15, 0.2) is 54.7 Å². The molecule has 2 aromatic carbocycles. The lowest BCUT2D eigenvalue weighted by atomic mass is 9.94. The van der Waals surface area contributed by atoms with Gasteiger partial charge in [0.1, 0.15) is 0 Å². The Hall–Kier alpha value is -2.16. The average Bonchev–Trinajstić information content (AvgIpc) is 3.18. The maximum Gasteiger partial charge on any atom is 0.0499 e. The third-order valence-corrected chi connectivity index (χ3v) is 4.58. The van der Waals surface area contributed by atoms with Crippen molar-refractivity contribution in [1.82, 2.24) is 4.98 Å². The number of anilines is 1. The number of hydrogen-bond acceptors (Lipinski definition) is 1. The minimum Gasteiger partial charge on any atom is -0.380 e. The number of fused-ring (bicyclic) bond motifs is 1. The van der Waals surface area contributed by atoms with Crippen molar-refractivity contribution in [3.63, 3.8) is 0 Å². The van der Waals surface area contributed by atoms with Crippen LogP contribution < -0.4 is 5.32 Å². The lowest BCUT2D eigenvalue weighted by molar-refractivity contribution is 1.37. The van der Waals surface area contributed by atoms with Gasteiger partial charge in [-0.1, -0.05) is 41.4 Å². The number of nitrogens with one attached hydrogen (secondary N) is 2. The summed E-state index contributed by atoms with van der Waals surface area (Å²) in [7, 11) is 0. The molecule has 2 N–H and O–H groups in total. The van der Waals surface area contributed by atoms with E-state index in [2.05, 4.69) is 34.6 Å². The van der Waals surface area contributed by atoms with Crippen LogP contribution in [-0.2, 0) is 0 Å². The standard InChI is InChI=1S/C19H14Cl2N2/c20-13-6-7-15(17(21)10-13)16-4-1-5-18-19(16)12(11-23-18)9-14-3-2-8-22-14/h1-10,22-23H,11H2/b12-9+. The van der Waals surface area contributed by atoms with Crippen LogP contribution in [0.3, 0.4) is 0 Å². The molecule has 0 unspecified atom stereocenters. The van der Waals surface area contributed by atoms with Crippen molar-refractivity contribution in [2.45, 2.75) is 0 Å². The van der Waals surface area contributed by atoms with Gasteiger partial charge in [-0.2, -0.15) is 0 Å². The fourth-order valence-electron chi connectivity index (χ4n) is 3.00. The van der Waals surface area contributed by atoms with E-state index < -0.39 is 0 Å². The first-order valence-electron chi connectivity index (χ1n) is 7.39. The molecule has 4 rings (SSSR count). The van der Waals surface area contributed by atoms with Gasteiger partial charge in [0.25, 0.3) is 0 Å². The highest BCUT2D eigenvalue weighted by molar-refractivity contribution is 6.36. The molecule has 0 spiro atoms. The lowest BCUT2D eigenvalue weighted by Crippen LogP contribution is -1.91. The molecule has 0 atom stereocenters. The summed E-state index contributed by atoms with van der Waals surface area (Å²) in [5, 5.41) is 4.76. The van der Waals surface area contributed by atoms with Gasteiger partial charge >= 0.3 is 0 Å². The van der Waals surface area contributed by atoms with Crippen molar-refractivity contribution in [2.24, 2.45) is 0 Å². The molecule has 0 saturated heterocycles. The predicted octanol–water partition coefficient (Wildman–Crippen LogP) is 5.95. The Morgan fingerprint density at radius 1 is 0.957 bits per heavy atom.